The molecule has 0 saturated heterocycles. The first-order valence-corrected chi connectivity index (χ1v) is 6.44. The molecule has 0 fully saturated rings. The Balaban J connectivity index is 2.16. The van der Waals surface area contributed by atoms with Crippen LogP contribution < -0.4 is 4.74 Å². The maximum Gasteiger partial charge on any atom is 0.273 e. The first-order valence-electron chi connectivity index (χ1n) is 6.06. The number of benzene rings is 1. The van der Waals surface area contributed by atoms with Gasteiger partial charge in [-0.15, -0.1) is 0 Å². The fourth-order valence-electron chi connectivity index (χ4n) is 1.78. The van der Waals surface area contributed by atoms with E-state index in [0.29, 0.717) is 5.02 Å². The molecule has 7 heteroatoms. The van der Waals surface area contributed by atoms with E-state index < -0.39 is 4.92 Å². The third kappa shape index (κ3) is 3.08. The maximum atomic E-state index is 10.7. The summed E-state index contributed by atoms with van der Waals surface area (Å²) >= 11 is 5.97. The molecule has 0 N–H and O–H groups in total. The van der Waals surface area contributed by atoms with Crippen molar-refractivity contribution in [3.63, 3.8) is 0 Å². The summed E-state index contributed by atoms with van der Waals surface area (Å²) < 4.78 is 7.53. The van der Waals surface area contributed by atoms with Crippen LogP contribution in [0.25, 0.3) is 0 Å². The Kier molecular flexibility index (Phi) is 4.24. The van der Waals surface area contributed by atoms with Gasteiger partial charge in [-0.3, -0.25) is 10.1 Å². The quantitative estimate of drug-likeness (QED) is 0.624. The molecule has 0 amide bonds. The topological polar surface area (TPSA) is 70.2 Å². The van der Waals surface area contributed by atoms with Crippen molar-refractivity contribution in [2.75, 3.05) is 0 Å². The largest absolute Gasteiger partial charge is 0.485 e. The predicted octanol–water partition coefficient (Wildman–Crippen LogP) is 3.60. The normalized spacial score (nSPS) is 10.8. The van der Waals surface area contributed by atoms with Crippen molar-refractivity contribution >= 4 is 17.3 Å². The second kappa shape index (κ2) is 5.92. The van der Waals surface area contributed by atoms with Gasteiger partial charge in [-0.2, -0.15) is 0 Å². The van der Waals surface area contributed by atoms with Crippen LogP contribution in [0.1, 0.15) is 25.6 Å². The van der Waals surface area contributed by atoms with Crippen LogP contribution in [0.2, 0.25) is 5.02 Å². The number of halogens is 1. The lowest BCUT2D eigenvalue weighted by atomic mass is 10.3. The third-order valence-electron chi connectivity index (χ3n) is 2.80. The second-order valence-corrected chi connectivity index (χ2v) is 4.95. The monoisotopic (exact) mass is 295 g/mol. The Morgan fingerprint density at radius 2 is 2.25 bits per heavy atom. The minimum Gasteiger partial charge on any atom is -0.485 e. The summed E-state index contributed by atoms with van der Waals surface area (Å²) in [5.74, 6) is 0.289. The van der Waals surface area contributed by atoms with Crippen molar-refractivity contribution in [1.82, 2.24) is 9.55 Å². The molecule has 0 unspecified atom stereocenters. The Labute approximate surface area is 121 Å². The van der Waals surface area contributed by atoms with Crippen molar-refractivity contribution in [2.24, 2.45) is 0 Å². The molecule has 0 bridgehead atoms. The number of nitro groups is 1. The number of rotatable bonds is 5. The van der Waals surface area contributed by atoms with Crippen LogP contribution in [0, 0.1) is 10.1 Å². The molecule has 6 nitrogen and oxygen atoms in total. The van der Waals surface area contributed by atoms with Crippen LogP contribution in [-0.2, 0) is 6.61 Å². The molecule has 0 atom stereocenters. The van der Waals surface area contributed by atoms with Crippen molar-refractivity contribution in [3.05, 3.63) is 51.6 Å². The van der Waals surface area contributed by atoms with Crippen molar-refractivity contribution < 1.29 is 9.66 Å². The van der Waals surface area contributed by atoms with Gasteiger partial charge in [0.05, 0.1) is 34.2 Å². The summed E-state index contributed by atoms with van der Waals surface area (Å²) in [6, 6.07) is 4.37. The summed E-state index contributed by atoms with van der Waals surface area (Å²) in [6.07, 6.45) is 3.42. The Morgan fingerprint density at radius 1 is 1.50 bits per heavy atom. The van der Waals surface area contributed by atoms with Crippen LogP contribution in [-0.4, -0.2) is 14.5 Å². The molecule has 0 aliphatic heterocycles. The van der Waals surface area contributed by atoms with Gasteiger partial charge in [0.25, 0.3) is 5.69 Å². The van der Waals surface area contributed by atoms with E-state index in [1.54, 1.807) is 12.5 Å². The van der Waals surface area contributed by atoms with Crippen LogP contribution >= 0.6 is 11.6 Å². The fourth-order valence-corrected chi connectivity index (χ4v) is 1.95. The van der Waals surface area contributed by atoms with Gasteiger partial charge in [-0.05, 0) is 19.9 Å². The fraction of sp³-hybridized carbons (Fsp3) is 0.308. The summed E-state index contributed by atoms with van der Waals surface area (Å²) in [5.41, 5.74) is 0.823. The molecule has 2 rings (SSSR count). The molecule has 106 valence electrons. The molecule has 1 aromatic heterocycles. The van der Waals surface area contributed by atoms with Crippen LogP contribution in [0.4, 0.5) is 5.69 Å². The molecule has 0 radical (unpaired) electrons. The number of nitro benzene ring substituents is 1. The Bertz CT molecular complexity index is 625. The average molecular weight is 296 g/mol. The minimum atomic E-state index is -0.485. The lowest BCUT2D eigenvalue weighted by molar-refractivity contribution is -0.384. The minimum absolute atomic E-state index is 0.0539. The van der Waals surface area contributed by atoms with E-state index in [9.17, 15) is 10.1 Å². The van der Waals surface area contributed by atoms with Gasteiger partial charge >= 0.3 is 0 Å². The van der Waals surface area contributed by atoms with Gasteiger partial charge < -0.3 is 9.30 Å². The summed E-state index contributed by atoms with van der Waals surface area (Å²) in [4.78, 5) is 14.3. The van der Waals surface area contributed by atoms with E-state index in [0.717, 1.165) is 5.69 Å². The molecule has 0 spiro atoms. The first-order chi connectivity index (χ1) is 9.49. The highest BCUT2D eigenvalue weighted by Crippen LogP contribution is 2.29. The summed E-state index contributed by atoms with van der Waals surface area (Å²) in [5, 5.41) is 11.1. The van der Waals surface area contributed by atoms with Crippen molar-refractivity contribution in [3.8, 4) is 5.75 Å². The van der Waals surface area contributed by atoms with E-state index in [-0.39, 0.29) is 24.1 Å². The zero-order valence-electron chi connectivity index (χ0n) is 11.1. The average Bonchev–Trinajstić information content (AvgIpc) is 2.86. The van der Waals surface area contributed by atoms with Gasteiger partial charge in [0.1, 0.15) is 12.4 Å². The van der Waals surface area contributed by atoms with E-state index in [1.807, 2.05) is 18.4 Å². The van der Waals surface area contributed by atoms with Gasteiger partial charge in [0, 0.05) is 12.1 Å². The number of nitrogens with zero attached hydrogens (tertiary/aromatic N) is 3. The molecular formula is C13H14ClN3O3. The van der Waals surface area contributed by atoms with Gasteiger partial charge in [-0.1, -0.05) is 11.6 Å². The number of ether oxygens (including phenoxy) is 1. The van der Waals surface area contributed by atoms with E-state index in [2.05, 4.69) is 4.98 Å². The predicted molar refractivity (Wildman–Crippen MR) is 75.1 cm³/mol. The molecule has 1 heterocycles. The zero-order chi connectivity index (χ0) is 14.7. The van der Waals surface area contributed by atoms with Crippen molar-refractivity contribution in [2.45, 2.75) is 26.5 Å². The number of hydrogen-bond acceptors (Lipinski definition) is 4. The molecule has 20 heavy (non-hydrogen) atoms. The lowest BCUT2D eigenvalue weighted by Gasteiger charge is -2.13. The third-order valence-corrected chi connectivity index (χ3v) is 3.12. The van der Waals surface area contributed by atoms with Crippen LogP contribution in [0.3, 0.4) is 0 Å². The summed E-state index contributed by atoms with van der Waals surface area (Å²) in [7, 11) is 0. The van der Waals surface area contributed by atoms with Gasteiger partial charge in [0.2, 0.25) is 0 Å². The van der Waals surface area contributed by atoms with Crippen LogP contribution in [0.15, 0.2) is 30.7 Å². The zero-order valence-corrected chi connectivity index (χ0v) is 11.9. The molecule has 0 aliphatic rings. The molecular weight excluding hydrogens is 282 g/mol. The highest BCUT2D eigenvalue weighted by molar-refractivity contribution is 6.32. The maximum absolute atomic E-state index is 10.7. The molecule has 2 aromatic rings. The highest BCUT2D eigenvalue weighted by Gasteiger charge is 2.12. The smallest absolute Gasteiger partial charge is 0.273 e. The lowest BCUT2D eigenvalue weighted by Crippen LogP contribution is -2.07. The van der Waals surface area contributed by atoms with E-state index in [1.165, 1.54) is 18.2 Å². The SMILES string of the molecule is CC(C)n1cncc1COc1cc([N+](=O)[O-])ccc1Cl. The number of hydrogen-bond donors (Lipinski definition) is 0. The number of non-ortho nitro benzene ring substituents is 1. The first kappa shape index (κ1) is 14.3. The Morgan fingerprint density at radius 3 is 2.90 bits per heavy atom. The van der Waals surface area contributed by atoms with Gasteiger partial charge in [0.15, 0.2) is 0 Å². The summed E-state index contributed by atoms with van der Waals surface area (Å²) in [6.45, 7) is 4.32. The van der Waals surface area contributed by atoms with Crippen LogP contribution in [0.5, 0.6) is 5.75 Å². The molecule has 1 aromatic carbocycles. The van der Waals surface area contributed by atoms with Crippen molar-refractivity contribution in [1.29, 1.82) is 0 Å². The molecule has 0 saturated carbocycles. The standard InChI is InChI=1S/C13H14ClN3O3/c1-9(2)16-8-15-6-11(16)7-20-13-5-10(17(18)19)3-4-12(13)14/h3-6,8-9H,7H2,1-2H3. The van der Waals surface area contributed by atoms with E-state index >= 15 is 0 Å². The highest BCUT2D eigenvalue weighted by atomic mass is 35.5. The Hall–Kier alpha value is -2.08. The number of aromatic nitrogens is 2. The number of imidazole rings is 1. The van der Waals surface area contributed by atoms with Gasteiger partial charge in [-0.25, -0.2) is 4.98 Å². The molecule has 0 aliphatic carbocycles. The second-order valence-electron chi connectivity index (χ2n) is 4.55. The van der Waals surface area contributed by atoms with E-state index in [4.69, 9.17) is 16.3 Å².